The second kappa shape index (κ2) is 9.19. The van der Waals surface area contributed by atoms with Gasteiger partial charge in [0.2, 0.25) is 0 Å². The quantitative estimate of drug-likeness (QED) is 0.610. The molecule has 3 aromatic rings. The van der Waals surface area contributed by atoms with E-state index in [1.165, 1.54) is 6.33 Å². The van der Waals surface area contributed by atoms with Crippen LogP contribution in [0.2, 0.25) is 0 Å². The number of aromatic nitrogens is 2. The molecule has 150 valence electrons. The second-order valence-corrected chi connectivity index (χ2v) is 7.06. The number of nitrogens with zero attached hydrogens (tertiary/aromatic N) is 2. The first kappa shape index (κ1) is 20.3. The maximum absolute atomic E-state index is 12.5. The Morgan fingerprint density at radius 3 is 2.45 bits per heavy atom. The summed E-state index contributed by atoms with van der Waals surface area (Å²) in [5.74, 6) is 1.20. The molecule has 6 nitrogen and oxygen atoms in total. The zero-order chi connectivity index (χ0) is 20.8. The SMILES string of the molecule is CCc1ccc(Nc2cc(C)ncn2)cc1NC(=O)COc1cc(C)cc(C)c1. The molecule has 0 aliphatic rings. The molecule has 1 amide bonds. The highest BCUT2D eigenvalue weighted by Crippen LogP contribution is 2.24. The van der Waals surface area contributed by atoms with Gasteiger partial charge in [-0.15, -0.1) is 0 Å². The molecule has 0 unspecified atom stereocenters. The molecule has 1 heterocycles. The van der Waals surface area contributed by atoms with E-state index in [9.17, 15) is 4.79 Å². The summed E-state index contributed by atoms with van der Waals surface area (Å²) in [4.78, 5) is 20.8. The van der Waals surface area contributed by atoms with Crippen molar-refractivity contribution in [3.05, 3.63) is 71.2 Å². The molecule has 0 spiro atoms. The fraction of sp³-hybridized carbons (Fsp3) is 0.261. The molecule has 0 aliphatic carbocycles. The van der Waals surface area contributed by atoms with Gasteiger partial charge < -0.3 is 15.4 Å². The lowest BCUT2D eigenvalue weighted by Gasteiger charge is -2.14. The summed E-state index contributed by atoms with van der Waals surface area (Å²) in [6.45, 7) is 7.93. The largest absolute Gasteiger partial charge is 0.484 e. The summed E-state index contributed by atoms with van der Waals surface area (Å²) < 4.78 is 5.67. The van der Waals surface area contributed by atoms with Gasteiger partial charge in [-0.25, -0.2) is 9.97 Å². The van der Waals surface area contributed by atoms with Crippen LogP contribution in [0.25, 0.3) is 0 Å². The fourth-order valence-corrected chi connectivity index (χ4v) is 3.10. The molecule has 2 N–H and O–H groups in total. The van der Waals surface area contributed by atoms with Crippen molar-refractivity contribution in [2.75, 3.05) is 17.2 Å². The first-order valence-electron chi connectivity index (χ1n) is 9.62. The number of anilines is 3. The Morgan fingerprint density at radius 2 is 1.76 bits per heavy atom. The Kier molecular flexibility index (Phi) is 6.44. The Balaban J connectivity index is 1.68. The topological polar surface area (TPSA) is 76.1 Å². The summed E-state index contributed by atoms with van der Waals surface area (Å²) in [6.07, 6.45) is 2.32. The lowest BCUT2D eigenvalue weighted by Crippen LogP contribution is -2.21. The minimum absolute atomic E-state index is 0.0468. The van der Waals surface area contributed by atoms with Gasteiger partial charge in [0, 0.05) is 23.1 Å². The van der Waals surface area contributed by atoms with Crippen molar-refractivity contribution in [3.8, 4) is 5.75 Å². The van der Waals surface area contributed by atoms with E-state index in [2.05, 4.69) is 33.6 Å². The van der Waals surface area contributed by atoms with Gasteiger partial charge in [0.15, 0.2) is 6.61 Å². The summed E-state index contributed by atoms with van der Waals surface area (Å²) in [5, 5.41) is 6.21. The smallest absolute Gasteiger partial charge is 0.262 e. The van der Waals surface area contributed by atoms with Crippen LogP contribution in [0.15, 0.2) is 48.8 Å². The number of benzene rings is 2. The summed E-state index contributed by atoms with van der Waals surface area (Å²) in [5.41, 5.74) is 5.74. The van der Waals surface area contributed by atoms with Crippen molar-refractivity contribution in [1.29, 1.82) is 0 Å². The summed E-state index contributed by atoms with van der Waals surface area (Å²) >= 11 is 0. The van der Waals surface area contributed by atoms with Gasteiger partial charge in [0.25, 0.3) is 5.91 Å². The molecule has 6 heteroatoms. The average Bonchev–Trinajstić information content (AvgIpc) is 2.66. The Hall–Kier alpha value is -3.41. The van der Waals surface area contributed by atoms with E-state index in [0.29, 0.717) is 11.6 Å². The van der Waals surface area contributed by atoms with Crippen LogP contribution in [0.1, 0.15) is 29.3 Å². The zero-order valence-corrected chi connectivity index (χ0v) is 17.2. The number of carbonyl (C=O) groups excluding carboxylic acids is 1. The molecule has 0 fully saturated rings. The average molecular weight is 390 g/mol. The van der Waals surface area contributed by atoms with Crippen LogP contribution in [0.5, 0.6) is 5.75 Å². The van der Waals surface area contributed by atoms with Crippen molar-refractivity contribution in [3.63, 3.8) is 0 Å². The van der Waals surface area contributed by atoms with Crippen LogP contribution in [-0.2, 0) is 11.2 Å². The van der Waals surface area contributed by atoms with Gasteiger partial charge in [-0.05, 0) is 68.1 Å². The molecule has 1 aromatic heterocycles. The minimum atomic E-state index is -0.200. The zero-order valence-electron chi connectivity index (χ0n) is 17.2. The van der Waals surface area contributed by atoms with Crippen LogP contribution < -0.4 is 15.4 Å². The van der Waals surface area contributed by atoms with Crippen molar-refractivity contribution in [1.82, 2.24) is 9.97 Å². The summed E-state index contributed by atoms with van der Waals surface area (Å²) in [7, 11) is 0. The second-order valence-electron chi connectivity index (χ2n) is 7.06. The highest BCUT2D eigenvalue weighted by atomic mass is 16.5. The fourth-order valence-electron chi connectivity index (χ4n) is 3.10. The van der Waals surface area contributed by atoms with Gasteiger partial charge in [0.1, 0.15) is 17.9 Å². The van der Waals surface area contributed by atoms with Crippen molar-refractivity contribution < 1.29 is 9.53 Å². The molecule has 0 aliphatic heterocycles. The molecular weight excluding hydrogens is 364 g/mol. The van der Waals surface area contributed by atoms with E-state index < -0.39 is 0 Å². The van der Waals surface area contributed by atoms with Crippen LogP contribution in [0, 0.1) is 20.8 Å². The van der Waals surface area contributed by atoms with E-state index in [0.717, 1.165) is 40.2 Å². The molecule has 0 bridgehead atoms. The molecule has 0 radical (unpaired) electrons. The monoisotopic (exact) mass is 390 g/mol. The van der Waals surface area contributed by atoms with E-state index in [-0.39, 0.29) is 12.5 Å². The molecule has 3 rings (SSSR count). The number of carbonyl (C=O) groups is 1. The first-order valence-corrected chi connectivity index (χ1v) is 9.62. The molecule has 2 aromatic carbocycles. The highest BCUT2D eigenvalue weighted by molar-refractivity contribution is 5.93. The van der Waals surface area contributed by atoms with Crippen LogP contribution in [-0.4, -0.2) is 22.5 Å². The number of hydrogen-bond acceptors (Lipinski definition) is 5. The van der Waals surface area contributed by atoms with Crippen LogP contribution in [0.4, 0.5) is 17.2 Å². The highest BCUT2D eigenvalue weighted by Gasteiger charge is 2.09. The standard InChI is InChI=1S/C23H26N4O2/c1-5-18-6-7-19(26-22-11-17(4)24-14-25-22)12-21(18)27-23(28)13-29-20-9-15(2)8-16(3)10-20/h6-12,14H,5,13H2,1-4H3,(H,27,28)(H,24,25,26). The minimum Gasteiger partial charge on any atom is -0.484 e. The van der Waals surface area contributed by atoms with E-state index >= 15 is 0 Å². The van der Waals surface area contributed by atoms with E-state index in [1.54, 1.807) is 0 Å². The molecule has 0 saturated carbocycles. The first-order chi connectivity index (χ1) is 13.9. The van der Waals surface area contributed by atoms with Gasteiger partial charge in [-0.1, -0.05) is 19.1 Å². The van der Waals surface area contributed by atoms with Crippen molar-refractivity contribution in [2.24, 2.45) is 0 Å². The van der Waals surface area contributed by atoms with E-state index in [1.807, 2.05) is 57.2 Å². The normalized spacial score (nSPS) is 10.5. The van der Waals surface area contributed by atoms with Crippen LogP contribution in [0.3, 0.4) is 0 Å². The molecule has 29 heavy (non-hydrogen) atoms. The molecule has 0 saturated heterocycles. The third kappa shape index (κ3) is 5.78. The maximum Gasteiger partial charge on any atom is 0.262 e. The number of aryl methyl sites for hydroxylation is 4. The number of ether oxygens (including phenoxy) is 1. The number of hydrogen-bond donors (Lipinski definition) is 2. The lowest BCUT2D eigenvalue weighted by atomic mass is 10.1. The van der Waals surface area contributed by atoms with Gasteiger partial charge in [0.05, 0.1) is 0 Å². The maximum atomic E-state index is 12.5. The van der Waals surface area contributed by atoms with Gasteiger partial charge >= 0.3 is 0 Å². The van der Waals surface area contributed by atoms with Crippen molar-refractivity contribution >= 4 is 23.1 Å². The molecule has 0 atom stereocenters. The predicted molar refractivity (Wildman–Crippen MR) is 116 cm³/mol. The number of rotatable bonds is 7. The Bertz CT molecular complexity index is 997. The van der Waals surface area contributed by atoms with Gasteiger partial charge in [-0.2, -0.15) is 0 Å². The van der Waals surface area contributed by atoms with Gasteiger partial charge in [-0.3, -0.25) is 4.79 Å². The van der Waals surface area contributed by atoms with Crippen molar-refractivity contribution in [2.45, 2.75) is 34.1 Å². The molecular formula is C23H26N4O2. The summed E-state index contributed by atoms with van der Waals surface area (Å²) in [6, 6.07) is 13.7. The number of amides is 1. The Labute approximate surface area is 171 Å². The Morgan fingerprint density at radius 1 is 1.00 bits per heavy atom. The third-order valence-corrected chi connectivity index (χ3v) is 4.41. The number of nitrogens with one attached hydrogen (secondary N) is 2. The lowest BCUT2D eigenvalue weighted by molar-refractivity contribution is -0.118. The van der Waals surface area contributed by atoms with Crippen LogP contribution >= 0.6 is 0 Å². The van der Waals surface area contributed by atoms with E-state index in [4.69, 9.17) is 4.74 Å². The third-order valence-electron chi connectivity index (χ3n) is 4.41. The predicted octanol–water partition coefficient (Wildman–Crippen LogP) is 4.73.